The van der Waals surface area contributed by atoms with Crippen LogP contribution >= 0.6 is 0 Å². The minimum Gasteiger partial charge on any atom is -0.876 e. The molecule has 0 bridgehead atoms. The molecule has 0 radical (unpaired) electrons. The van der Waals surface area contributed by atoms with Gasteiger partial charge in [-0.2, -0.15) is 0 Å². The largest absolute Gasteiger partial charge is 0.876 e. The Bertz CT molecular complexity index is 94.6. The van der Waals surface area contributed by atoms with E-state index in [9.17, 15) is 5.11 Å². The molecule has 0 amide bonds. The zero-order valence-electron chi connectivity index (χ0n) is 5.02. The monoisotopic (exact) mass is 111 g/mol. The molecule has 0 aliphatic heterocycles. The van der Waals surface area contributed by atoms with Gasteiger partial charge in [0.15, 0.2) is 0 Å². The van der Waals surface area contributed by atoms with Crippen LogP contribution in [0.4, 0.5) is 0 Å². The Labute approximate surface area is 50.0 Å². The second-order valence-corrected chi connectivity index (χ2v) is 2.27. The maximum Gasteiger partial charge on any atom is -0.0357 e. The highest BCUT2D eigenvalue weighted by Gasteiger charge is 1.91. The summed E-state index contributed by atoms with van der Waals surface area (Å²) in [6.45, 7) is 0. The molecule has 0 aromatic carbocycles. The zero-order chi connectivity index (χ0) is 5.82. The number of rotatable bonds is 0. The van der Waals surface area contributed by atoms with Crippen molar-refractivity contribution in [2.75, 3.05) is 0 Å². The van der Waals surface area contributed by atoms with Crippen molar-refractivity contribution in [1.82, 2.24) is 0 Å². The highest BCUT2D eigenvalue weighted by atomic mass is 16.3. The van der Waals surface area contributed by atoms with Gasteiger partial charge in [0, 0.05) is 0 Å². The number of allylic oxidation sites excluding steroid dienone is 2. The second-order valence-electron chi connectivity index (χ2n) is 2.27. The first-order valence-electron chi connectivity index (χ1n) is 3.25. The average molecular weight is 111 g/mol. The first-order valence-corrected chi connectivity index (χ1v) is 3.25. The molecule has 0 saturated carbocycles. The quantitative estimate of drug-likeness (QED) is 0.460. The lowest BCUT2D eigenvalue weighted by Gasteiger charge is -2.06. The standard InChI is InChI=1S/C7H12O/c8-7-5-3-1-2-4-6-7/h5,8H,1-4,6H2/p-1. The normalized spacial score (nSPS) is 21.8. The van der Waals surface area contributed by atoms with Crippen LogP contribution in [0, 0.1) is 0 Å². The Morgan fingerprint density at radius 2 is 2.12 bits per heavy atom. The summed E-state index contributed by atoms with van der Waals surface area (Å²) in [5, 5.41) is 10.6. The molecular weight excluding hydrogens is 100 g/mol. The smallest absolute Gasteiger partial charge is 0.0357 e. The molecule has 1 aliphatic carbocycles. The van der Waals surface area contributed by atoms with Crippen molar-refractivity contribution >= 4 is 0 Å². The van der Waals surface area contributed by atoms with Gasteiger partial charge in [-0.15, -0.1) is 5.76 Å². The summed E-state index contributed by atoms with van der Waals surface area (Å²) in [6, 6.07) is 0. The van der Waals surface area contributed by atoms with Gasteiger partial charge in [-0.1, -0.05) is 18.9 Å². The number of hydrogen-bond acceptors (Lipinski definition) is 1. The Morgan fingerprint density at radius 3 is 3.00 bits per heavy atom. The van der Waals surface area contributed by atoms with Crippen molar-refractivity contribution in [2.24, 2.45) is 0 Å². The van der Waals surface area contributed by atoms with Gasteiger partial charge in [0.05, 0.1) is 0 Å². The van der Waals surface area contributed by atoms with E-state index >= 15 is 0 Å². The van der Waals surface area contributed by atoms with Gasteiger partial charge in [-0.05, 0) is 19.3 Å². The van der Waals surface area contributed by atoms with Crippen molar-refractivity contribution in [1.29, 1.82) is 0 Å². The Balaban J connectivity index is 2.36. The maximum absolute atomic E-state index is 10.6. The van der Waals surface area contributed by atoms with Gasteiger partial charge in [0.25, 0.3) is 0 Å². The van der Waals surface area contributed by atoms with Crippen molar-refractivity contribution in [3.8, 4) is 0 Å². The fraction of sp³-hybridized carbons (Fsp3) is 0.714. The fourth-order valence-corrected chi connectivity index (χ4v) is 0.985. The molecule has 1 heteroatoms. The van der Waals surface area contributed by atoms with Gasteiger partial charge in [0.2, 0.25) is 0 Å². The molecule has 0 unspecified atom stereocenters. The number of hydrogen-bond donors (Lipinski definition) is 0. The highest BCUT2D eigenvalue weighted by molar-refractivity contribution is 4.90. The molecule has 1 aliphatic rings. The topological polar surface area (TPSA) is 23.1 Å². The minimum atomic E-state index is 0.350. The van der Waals surface area contributed by atoms with Crippen LogP contribution < -0.4 is 5.11 Å². The summed E-state index contributed by atoms with van der Waals surface area (Å²) < 4.78 is 0. The predicted octanol–water partition coefficient (Wildman–Crippen LogP) is 1.19. The summed E-state index contributed by atoms with van der Waals surface area (Å²) in [4.78, 5) is 0. The van der Waals surface area contributed by atoms with Gasteiger partial charge < -0.3 is 5.11 Å². The molecule has 0 fully saturated rings. The first kappa shape index (κ1) is 5.67. The van der Waals surface area contributed by atoms with Crippen LogP contribution in [-0.2, 0) is 0 Å². The van der Waals surface area contributed by atoms with Crippen molar-refractivity contribution in [2.45, 2.75) is 32.1 Å². The minimum absolute atomic E-state index is 0.350. The fourth-order valence-electron chi connectivity index (χ4n) is 0.985. The third-order valence-corrected chi connectivity index (χ3v) is 1.50. The predicted molar refractivity (Wildman–Crippen MR) is 31.2 cm³/mol. The van der Waals surface area contributed by atoms with E-state index in [4.69, 9.17) is 0 Å². The van der Waals surface area contributed by atoms with Crippen molar-refractivity contribution < 1.29 is 5.11 Å². The van der Waals surface area contributed by atoms with Gasteiger partial charge >= 0.3 is 0 Å². The van der Waals surface area contributed by atoms with Crippen LogP contribution in [0.25, 0.3) is 0 Å². The van der Waals surface area contributed by atoms with Gasteiger partial charge in [-0.3, -0.25) is 0 Å². The van der Waals surface area contributed by atoms with Crippen LogP contribution in [0.3, 0.4) is 0 Å². The van der Waals surface area contributed by atoms with E-state index in [1.807, 2.05) is 6.08 Å². The SMILES string of the molecule is [O-]C1=CCCCCC1. The van der Waals surface area contributed by atoms with Crippen molar-refractivity contribution in [3.05, 3.63) is 11.8 Å². The summed E-state index contributed by atoms with van der Waals surface area (Å²) in [7, 11) is 0. The molecule has 1 nitrogen and oxygen atoms in total. The third kappa shape index (κ3) is 1.57. The lowest BCUT2D eigenvalue weighted by molar-refractivity contribution is -0.307. The first-order chi connectivity index (χ1) is 3.89. The molecule has 0 spiro atoms. The van der Waals surface area contributed by atoms with Crippen LogP contribution in [0.2, 0.25) is 0 Å². The summed E-state index contributed by atoms with van der Waals surface area (Å²) in [6.07, 6.45) is 7.19. The van der Waals surface area contributed by atoms with E-state index in [0.717, 1.165) is 19.3 Å². The highest BCUT2D eigenvalue weighted by Crippen LogP contribution is 2.12. The molecule has 0 N–H and O–H groups in total. The Kier molecular flexibility index (Phi) is 1.95. The molecular formula is C7H11O-. The van der Waals surface area contributed by atoms with Gasteiger partial charge in [-0.25, -0.2) is 0 Å². The molecule has 0 saturated heterocycles. The lowest BCUT2D eigenvalue weighted by atomic mass is 10.2. The summed E-state index contributed by atoms with van der Waals surface area (Å²) in [5.41, 5.74) is 0. The van der Waals surface area contributed by atoms with Crippen molar-refractivity contribution in [3.63, 3.8) is 0 Å². The van der Waals surface area contributed by atoms with Crippen LogP contribution in [0.1, 0.15) is 32.1 Å². The molecule has 46 valence electrons. The zero-order valence-corrected chi connectivity index (χ0v) is 5.02. The molecule has 0 heterocycles. The van der Waals surface area contributed by atoms with E-state index in [2.05, 4.69) is 0 Å². The lowest BCUT2D eigenvalue weighted by Crippen LogP contribution is -2.01. The molecule has 0 aromatic rings. The molecule has 0 atom stereocenters. The van der Waals surface area contributed by atoms with Gasteiger partial charge in [0.1, 0.15) is 0 Å². The molecule has 8 heavy (non-hydrogen) atoms. The van der Waals surface area contributed by atoms with E-state index in [-0.39, 0.29) is 0 Å². The van der Waals surface area contributed by atoms with Crippen LogP contribution in [-0.4, -0.2) is 0 Å². The average Bonchev–Trinajstić information content (AvgIpc) is 1.94. The van der Waals surface area contributed by atoms with E-state index in [1.54, 1.807) is 0 Å². The van der Waals surface area contributed by atoms with E-state index < -0.39 is 0 Å². The maximum atomic E-state index is 10.6. The summed E-state index contributed by atoms with van der Waals surface area (Å²) >= 11 is 0. The van der Waals surface area contributed by atoms with Crippen LogP contribution in [0.5, 0.6) is 0 Å². The van der Waals surface area contributed by atoms with E-state index in [0.29, 0.717) is 5.76 Å². The van der Waals surface area contributed by atoms with E-state index in [1.165, 1.54) is 12.8 Å². The molecule has 0 aromatic heterocycles. The Hall–Kier alpha value is -0.460. The second kappa shape index (κ2) is 2.75. The molecule has 1 rings (SSSR count). The van der Waals surface area contributed by atoms with Crippen LogP contribution in [0.15, 0.2) is 11.8 Å². The summed E-state index contributed by atoms with van der Waals surface area (Å²) in [5.74, 6) is 0.350. The Morgan fingerprint density at radius 1 is 1.25 bits per heavy atom. The third-order valence-electron chi connectivity index (χ3n) is 1.50.